The van der Waals surface area contributed by atoms with Gasteiger partial charge in [0.25, 0.3) is 0 Å². The zero-order chi connectivity index (χ0) is 23.3. The van der Waals surface area contributed by atoms with Crippen molar-refractivity contribution in [3.63, 3.8) is 0 Å². The molecule has 0 saturated carbocycles. The first-order chi connectivity index (χ1) is 16.2. The molecular formula is C27H31ClN2O2STi. The Morgan fingerprint density at radius 3 is 1.50 bits per heavy atom. The van der Waals surface area contributed by atoms with Crippen LogP contribution in [0.5, 0.6) is 11.5 Å². The van der Waals surface area contributed by atoms with Gasteiger partial charge in [0.05, 0.1) is 13.2 Å². The topological polar surface area (TPSA) is 42.5 Å². The number of ether oxygens (including phenoxy) is 2. The maximum atomic E-state index is 5.40. The number of thiocarbonyl (C=S) groups is 1. The van der Waals surface area contributed by atoms with Crippen molar-refractivity contribution in [2.75, 3.05) is 23.8 Å². The van der Waals surface area contributed by atoms with Gasteiger partial charge in [0.15, 0.2) is 5.11 Å². The summed E-state index contributed by atoms with van der Waals surface area (Å²) in [5, 5.41) is 6.80. The fraction of sp³-hybridized carbons (Fsp3) is 0.222. The molecular weight excluding hydrogens is 500 g/mol. The van der Waals surface area contributed by atoms with Gasteiger partial charge in [0.2, 0.25) is 0 Å². The number of benzene rings is 2. The fourth-order valence-corrected chi connectivity index (χ4v) is 5.31. The van der Waals surface area contributed by atoms with Crippen molar-refractivity contribution >= 4 is 41.1 Å². The molecule has 2 aromatic carbocycles. The van der Waals surface area contributed by atoms with Crippen molar-refractivity contribution in [2.45, 2.75) is 26.7 Å². The molecule has 0 aromatic heterocycles. The van der Waals surface area contributed by atoms with Gasteiger partial charge in [0, 0.05) is 11.4 Å². The van der Waals surface area contributed by atoms with E-state index in [1.54, 1.807) is 7.76 Å². The van der Waals surface area contributed by atoms with Crippen molar-refractivity contribution in [3.05, 3.63) is 92.7 Å². The SMILES string of the molecule is C1=CC[C]([Ti][C]2=CC=CC2)=C1.CCOc1ccc(NC(=S)Nc2ccc(OCC)cc2)cc1.Cl. The first kappa shape index (κ1) is 27.9. The minimum absolute atomic E-state index is 0. The monoisotopic (exact) mass is 530 g/mol. The van der Waals surface area contributed by atoms with E-state index in [1.165, 1.54) is 12.8 Å². The quantitative estimate of drug-likeness (QED) is 0.274. The van der Waals surface area contributed by atoms with Gasteiger partial charge >= 0.3 is 76.2 Å². The zero-order valence-corrected chi connectivity index (χ0v) is 22.7. The van der Waals surface area contributed by atoms with Gasteiger partial charge in [-0.3, -0.25) is 0 Å². The summed E-state index contributed by atoms with van der Waals surface area (Å²) < 4.78 is 14.2. The van der Waals surface area contributed by atoms with E-state index in [-0.39, 0.29) is 31.6 Å². The summed E-state index contributed by atoms with van der Waals surface area (Å²) in [4.78, 5) is 0. The van der Waals surface area contributed by atoms with Crippen molar-refractivity contribution in [3.8, 4) is 11.5 Å². The molecule has 0 saturated heterocycles. The van der Waals surface area contributed by atoms with E-state index in [0.717, 1.165) is 22.9 Å². The summed E-state index contributed by atoms with van der Waals surface area (Å²) in [5.41, 5.74) is 1.82. The molecule has 0 fully saturated rings. The summed E-state index contributed by atoms with van der Waals surface area (Å²) in [5.74, 6) is 1.69. The van der Waals surface area contributed by atoms with Gasteiger partial charge in [-0.2, -0.15) is 0 Å². The minimum atomic E-state index is 0. The Morgan fingerprint density at radius 1 is 0.765 bits per heavy atom. The number of anilines is 2. The van der Waals surface area contributed by atoms with E-state index in [4.69, 9.17) is 21.7 Å². The summed E-state index contributed by atoms with van der Waals surface area (Å²) in [6.45, 7) is 5.24. The molecule has 0 unspecified atom stereocenters. The molecule has 2 aliphatic rings. The van der Waals surface area contributed by atoms with E-state index in [1.807, 2.05) is 62.4 Å². The number of rotatable bonds is 8. The largest absolute Gasteiger partial charge is 0.494 e. The van der Waals surface area contributed by atoms with Gasteiger partial charge in [-0.05, 0) is 74.6 Å². The molecule has 0 spiro atoms. The molecule has 4 rings (SSSR count). The van der Waals surface area contributed by atoms with Crippen LogP contribution >= 0.6 is 24.6 Å². The second-order valence-electron chi connectivity index (χ2n) is 7.27. The van der Waals surface area contributed by atoms with E-state index in [0.29, 0.717) is 18.3 Å². The standard InChI is InChI=1S/C17H20N2O2S.2C5H5.ClH.Ti/c1-3-20-15-9-5-13(6-10-15)18-17(22)19-14-7-11-16(12-8-14)21-4-2;2*1-2-4-5-3-1;;/h5-12H,3-4H2,1-2H3,(H2,18,19,22);2*1-3H,4H2;1H;. The molecule has 0 heterocycles. The van der Waals surface area contributed by atoms with Crippen LogP contribution in [0.1, 0.15) is 26.7 Å². The van der Waals surface area contributed by atoms with Gasteiger partial charge in [-0.1, -0.05) is 0 Å². The summed E-state index contributed by atoms with van der Waals surface area (Å²) in [6.07, 6.45) is 15.9. The van der Waals surface area contributed by atoms with Crippen LogP contribution in [0.2, 0.25) is 0 Å². The van der Waals surface area contributed by atoms with E-state index >= 15 is 0 Å². The fourth-order valence-electron chi connectivity index (χ4n) is 3.18. The summed E-state index contributed by atoms with van der Waals surface area (Å²) >= 11 is 5.38. The molecule has 2 N–H and O–H groups in total. The van der Waals surface area contributed by atoms with Crippen LogP contribution in [0.4, 0.5) is 11.4 Å². The van der Waals surface area contributed by atoms with Crippen LogP contribution in [0.25, 0.3) is 0 Å². The molecule has 0 atom stereocenters. The van der Waals surface area contributed by atoms with Gasteiger partial charge in [0.1, 0.15) is 11.5 Å². The van der Waals surface area contributed by atoms with Crippen LogP contribution in [-0.4, -0.2) is 18.3 Å². The molecule has 7 heteroatoms. The van der Waals surface area contributed by atoms with E-state index in [9.17, 15) is 0 Å². The Kier molecular flexibility index (Phi) is 12.8. The normalized spacial score (nSPS) is 13.0. The smallest absolute Gasteiger partial charge is 0.175 e. The predicted octanol–water partition coefficient (Wildman–Crippen LogP) is 7.47. The van der Waals surface area contributed by atoms with E-state index in [2.05, 4.69) is 47.1 Å². The molecule has 0 radical (unpaired) electrons. The molecule has 2 aliphatic carbocycles. The number of hydrogen-bond donors (Lipinski definition) is 2. The van der Waals surface area contributed by atoms with Crippen LogP contribution in [0.3, 0.4) is 0 Å². The molecule has 34 heavy (non-hydrogen) atoms. The second-order valence-corrected chi connectivity index (χ2v) is 10.1. The van der Waals surface area contributed by atoms with Crippen LogP contribution in [0, 0.1) is 0 Å². The third-order valence-corrected chi connectivity index (χ3v) is 7.08. The van der Waals surface area contributed by atoms with E-state index < -0.39 is 0 Å². The Hall–Kier alpha value is -2.31. The zero-order valence-electron chi connectivity index (χ0n) is 19.5. The molecule has 0 aliphatic heterocycles. The summed E-state index contributed by atoms with van der Waals surface area (Å²) in [6, 6.07) is 15.3. The maximum absolute atomic E-state index is 5.40. The average Bonchev–Trinajstić information content (AvgIpc) is 3.52. The third kappa shape index (κ3) is 9.90. The van der Waals surface area contributed by atoms with Crippen LogP contribution < -0.4 is 20.1 Å². The second kappa shape index (κ2) is 15.6. The van der Waals surface area contributed by atoms with Crippen LogP contribution in [-0.2, 0) is 19.2 Å². The minimum Gasteiger partial charge on any atom is -0.494 e. The number of hydrogen-bond acceptors (Lipinski definition) is 3. The van der Waals surface area contributed by atoms with Gasteiger partial charge in [-0.25, -0.2) is 0 Å². The number of nitrogens with one attached hydrogen (secondary N) is 2. The predicted molar refractivity (Wildman–Crippen MR) is 146 cm³/mol. The van der Waals surface area contributed by atoms with Gasteiger partial charge in [-0.15, -0.1) is 12.4 Å². The molecule has 2 aromatic rings. The molecule has 0 bridgehead atoms. The maximum Gasteiger partial charge on any atom is 0.175 e. The van der Waals surface area contributed by atoms with Gasteiger partial charge < -0.3 is 20.1 Å². The molecule has 4 nitrogen and oxygen atoms in total. The Bertz CT molecular complexity index is 950. The first-order valence-electron chi connectivity index (χ1n) is 11.2. The van der Waals surface area contributed by atoms with Crippen molar-refractivity contribution in [2.24, 2.45) is 0 Å². The Labute approximate surface area is 223 Å². The average molecular weight is 531 g/mol. The number of halogens is 1. The Morgan fingerprint density at radius 2 is 1.18 bits per heavy atom. The number of allylic oxidation sites excluding steroid dienone is 8. The Balaban J connectivity index is 0.000000284. The third-order valence-electron chi connectivity index (χ3n) is 4.71. The molecule has 0 amide bonds. The van der Waals surface area contributed by atoms with Crippen molar-refractivity contribution in [1.29, 1.82) is 0 Å². The first-order valence-corrected chi connectivity index (χ1v) is 13.2. The summed E-state index contributed by atoms with van der Waals surface area (Å²) in [7, 11) is 0. The molecule has 178 valence electrons. The van der Waals surface area contributed by atoms with Crippen molar-refractivity contribution < 1.29 is 28.6 Å². The van der Waals surface area contributed by atoms with Crippen molar-refractivity contribution in [1.82, 2.24) is 0 Å². The van der Waals surface area contributed by atoms with Crippen LogP contribution in [0.15, 0.2) is 92.7 Å².